The number of rotatable bonds is 62. The van der Waals surface area contributed by atoms with E-state index in [4.69, 9.17) is 14.2 Å². The highest BCUT2D eigenvalue weighted by molar-refractivity contribution is 5.72. The Bertz CT molecular complexity index is 1500. The average molecular weight is 1100 g/mol. The molecule has 0 amide bonds. The van der Waals surface area contributed by atoms with E-state index in [-0.39, 0.29) is 31.6 Å². The molecule has 0 aliphatic carbocycles. The molecule has 1 unspecified atom stereocenters. The Labute approximate surface area is 490 Å². The number of carbonyl (C=O) groups excluding carboxylic acids is 3. The summed E-state index contributed by atoms with van der Waals surface area (Å²) in [4.78, 5) is 38.3. The molecule has 0 aliphatic heterocycles. The first-order chi connectivity index (χ1) is 39.0. The summed E-state index contributed by atoms with van der Waals surface area (Å²) in [5.74, 6) is -1.03. The average Bonchev–Trinajstić information content (AvgIpc) is 3.45. The third-order valence-electron chi connectivity index (χ3n) is 14.9. The Morgan fingerprint density at radius 2 is 0.544 bits per heavy atom. The van der Waals surface area contributed by atoms with Gasteiger partial charge in [-0.1, -0.05) is 311 Å². The van der Waals surface area contributed by atoms with Crippen molar-refractivity contribution in [3.63, 3.8) is 0 Å². The molecule has 0 aromatic heterocycles. The molecule has 0 heterocycles. The predicted molar refractivity (Wildman–Crippen MR) is 344 cm³/mol. The number of unbranched alkanes of at least 4 members (excludes halogenated alkanes) is 38. The zero-order valence-corrected chi connectivity index (χ0v) is 52.4. The van der Waals surface area contributed by atoms with Crippen LogP contribution in [0.25, 0.3) is 0 Å². The van der Waals surface area contributed by atoms with E-state index in [1.54, 1.807) is 6.08 Å². The smallest absolute Gasteiger partial charge is 0.309 e. The van der Waals surface area contributed by atoms with Gasteiger partial charge < -0.3 is 14.2 Å². The van der Waals surface area contributed by atoms with Crippen LogP contribution in [0.15, 0.2) is 85.1 Å². The van der Waals surface area contributed by atoms with Crippen molar-refractivity contribution in [3.05, 3.63) is 85.1 Å². The van der Waals surface area contributed by atoms with E-state index in [0.717, 1.165) is 70.6 Å². The van der Waals surface area contributed by atoms with Crippen LogP contribution in [0.1, 0.15) is 342 Å². The van der Waals surface area contributed by atoms with Gasteiger partial charge in [0.25, 0.3) is 0 Å². The minimum atomic E-state index is -0.818. The SMILES string of the molecule is CC/C=C\C/C=C\C/C=C\C/C=C\C/C=C\CC(=O)OCC(COC(=O)CCCCCCCCCCCCCCCCC/C=C\CCCCCCCCCC)OC(=O)CCCCCCCCCCC/C=C\CCCCCCCC. The summed E-state index contributed by atoms with van der Waals surface area (Å²) < 4.78 is 16.9. The summed E-state index contributed by atoms with van der Waals surface area (Å²) in [6.45, 7) is 6.48. The van der Waals surface area contributed by atoms with Gasteiger partial charge >= 0.3 is 17.9 Å². The molecule has 6 heteroatoms. The van der Waals surface area contributed by atoms with Gasteiger partial charge in [0, 0.05) is 12.8 Å². The van der Waals surface area contributed by atoms with Crippen molar-refractivity contribution in [2.75, 3.05) is 13.2 Å². The fourth-order valence-electron chi connectivity index (χ4n) is 9.80. The lowest BCUT2D eigenvalue weighted by molar-refractivity contribution is -0.166. The molecule has 6 nitrogen and oxygen atoms in total. The normalized spacial score (nSPS) is 12.6. The minimum Gasteiger partial charge on any atom is -0.462 e. The molecule has 0 saturated carbocycles. The number of esters is 3. The highest BCUT2D eigenvalue weighted by atomic mass is 16.6. The van der Waals surface area contributed by atoms with Crippen LogP contribution in [0.5, 0.6) is 0 Å². The second-order valence-corrected chi connectivity index (χ2v) is 22.7. The first-order valence-electron chi connectivity index (χ1n) is 34.1. The highest BCUT2D eigenvalue weighted by Crippen LogP contribution is 2.17. The van der Waals surface area contributed by atoms with E-state index >= 15 is 0 Å². The predicted octanol–water partition coefficient (Wildman–Crippen LogP) is 23.4. The molecular weight excluding hydrogens is 973 g/mol. The Kier molecular flexibility index (Phi) is 64.2. The van der Waals surface area contributed by atoms with E-state index in [1.807, 2.05) is 6.08 Å². The van der Waals surface area contributed by atoms with Crippen LogP contribution in [0.4, 0.5) is 0 Å². The number of ether oxygens (including phenoxy) is 3. The molecule has 456 valence electrons. The van der Waals surface area contributed by atoms with Gasteiger partial charge in [0.1, 0.15) is 13.2 Å². The quantitative estimate of drug-likeness (QED) is 0.0261. The van der Waals surface area contributed by atoms with Crippen LogP contribution in [0.3, 0.4) is 0 Å². The zero-order chi connectivity index (χ0) is 57.1. The topological polar surface area (TPSA) is 78.9 Å². The zero-order valence-electron chi connectivity index (χ0n) is 52.4. The summed E-state index contributed by atoms with van der Waals surface area (Å²) in [5, 5.41) is 0. The van der Waals surface area contributed by atoms with Gasteiger partial charge in [-0.2, -0.15) is 0 Å². The van der Waals surface area contributed by atoms with Gasteiger partial charge in [-0.15, -0.1) is 0 Å². The monoisotopic (exact) mass is 1100 g/mol. The Hall–Kier alpha value is -3.41. The molecule has 79 heavy (non-hydrogen) atoms. The number of allylic oxidation sites excluding steroid dienone is 13. The molecule has 0 spiro atoms. The first kappa shape index (κ1) is 75.6. The maximum atomic E-state index is 12.9. The van der Waals surface area contributed by atoms with Crippen LogP contribution in [0, 0.1) is 0 Å². The van der Waals surface area contributed by atoms with Crippen LogP contribution in [-0.2, 0) is 28.6 Å². The van der Waals surface area contributed by atoms with Gasteiger partial charge in [-0.05, 0) is 96.3 Å². The van der Waals surface area contributed by atoms with Gasteiger partial charge in [0.2, 0.25) is 0 Å². The summed E-state index contributed by atoms with van der Waals surface area (Å²) in [7, 11) is 0. The fraction of sp³-hybridized carbons (Fsp3) is 0.767. The van der Waals surface area contributed by atoms with Gasteiger partial charge in [0.05, 0.1) is 6.42 Å². The first-order valence-corrected chi connectivity index (χ1v) is 34.1. The van der Waals surface area contributed by atoms with E-state index in [2.05, 4.69) is 93.7 Å². The standard InChI is InChI=1S/C73H128O6/c1-4-7-10-13-16-19-22-25-28-30-32-33-34-35-36-37-38-39-41-42-45-48-51-54-57-60-63-66-72(75)78-69-70(68-77-71(74)65-62-59-56-53-50-47-44-27-24-21-18-15-12-9-6-3)79-73(76)67-64-61-58-55-52-49-46-43-40-31-29-26-23-20-17-14-11-8-5-2/h9,12,18,21,26-27,29-30,32,44,50,53,59,62,70H,4-8,10-11,13-17,19-20,22-25,28,31,33-43,45-49,51-52,54-58,60-61,63-69H2,1-3H3/b12-9-,21-18-,29-26-,32-30-,44-27-,53-50-,62-59-. The third-order valence-corrected chi connectivity index (χ3v) is 14.9. The molecule has 0 aromatic carbocycles. The van der Waals surface area contributed by atoms with E-state index in [0.29, 0.717) is 12.8 Å². The Morgan fingerprint density at radius 1 is 0.278 bits per heavy atom. The molecule has 0 saturated heterocycles. The van der Waals surface area contributed by atoms with E-state index < -0.39 is 12.1 Å². The van der Waals surface area contributed by atoms with E-state index in [1.165, 1.54) is 231 Å². The summed E-state index contributed by atoms with van der Waals surface area (Å²) in [6, 6.07) is 0. The lowest BCUT2D eigenvalue weighted by Crippen LogP contribution is -2.30. The highest BCUT2D eigenvalue weighted by Gasteiger charge is 2.19. The number of carbonyl (C=O) groups is 3. The maximum absolute atomic E-state index is 12.9. The molecule has 0 N–H and O–H groups in total. The van der Waals surface area contributed by atoms with Gasteiger partial charge in [-0.25, -0.2) is 0 Å². The van der Waals surface area contributed by atoms with Crippen LogP contribution < -0.4 is 0 Å². The van der Waals surface area contributed by atoms with Crippen LogP contribution in [0.2, 0.25) is 0 Å². The third kappa shape index (κ3) is 65.3. The van der Waals surface area contributed by atoms with Crippen molar-refractivity contribution in [1.82, 2.24) is 0 Å². The molecule has 0 rings (SSSR count). The van der Waals surface area contributed by atoms with Crippen molar-refractivity contribution in [2.45, 2.75) is 348 Å². The molecule has 0 aromatic rings. The van der Waals surface area contributed by atoms with Crippen molar-refractivity contribution in [2.24, 2.45) is 0 Å². The van der Waals surface area contributed by atoms with Gasteiger partial charge in [-0.3, -0.25) is 14.4 Å². The maximum Gasteiger partial charge on any atom is 0.309 e. The molecule has 0 aliphatic rings. The second-order valence-electron chi connectivity index (χ2n) is 22.7. The summed E-state index contributed by atoms with van der Waals surface area (Å²) in [6.07, 6.45) is 89.2. The largest absolute Gasteiger partial charge is 0.462 e. The summed E-state index contributed by atoms with van der Waals surface area (Å²) in [5.41, 5.74) is 0. The van der Waals surface area contributed by atoms with Crippen LogP contribution >= 0.6 is 0 Å². The second kappa shape index (κ2) is 67.1. The van der Waals surface area contributed by atoms with E-state index in [9.17, 15) is 14.4 Å². The lowest BCUT2D eigenvalue weighted by Gasteiger charge is -2.18. The number of hydrogen-bond donors (Lipinski definition) is 0. The Morgan fingerprint density at radius 3 is 0.873 bits per heavy atom. The molecule has 1 atom stereocenters. The molecule has 0 fully saturated rings. The molecule has 0 radical (unpaired) electrons. The van der Waals surface area contributed by atoms with Crippen molar-refractivity contribution in [1.29, 1.82) is 0 Å². The molecular formula is C73H128O6. The molecule has 0 bridgehead atoms. The number of hydrogen-bond acceptors (Lipinski definition) is 6. The summed E-state index contributed by atoms with van der Waals surface area (Å²) >= 11 is 0. The van der Waals surface area contributed by atoms with Gasteiger partial charge in [0.15, 0.2) is 6.10 Å². The van der Waals surface area contributed by atoms with Crippen molar-refractivity contribution >= 4 is 17.9 Å². The Balaban J connectivity index is 4.33. The lowest BCUT2D eigenvalue weighted by atomic mass is 10.0. The fourth-order valence-corrected chi connectivity index (χ4v) is 9.80. The minimum absolute atomic E-state index is 0.105. The van der Waals surface area contributed by atoms with Crippen molar-refractivity contribution < 1.29 is 28.6 Å². The van der Waals surface area contributed by atoms with Crippen molar-refractivity contribution in [3.8, 4) is 0 Å². The van der Waals surface area contributed by atoms with Crippen LogP contribution in [-0.4, -0.2) is 37.2 Å².